The summed E-state index contributed by atoms with van der Waals surface area (Å²) in [6.45, 7) is 11.5. The number of carbonyl (C=O) groups is 1. The van der Waals surface area contributed by atoms with Gasteiger partial charge in [0.2, 0.25) is 5.91 Å². The molecule has 1 saturated heterocycles. The third-order valence-electron chi connectivity index (χ3n) is 4.25. The molecule has 0 aliphatic carbocycles. The van der Waals surface area contributed by atoms with Crippen molar-refractivity contribution in [1.29, 1.82) is 0 Å². The maximum Gasteiger partial charge on any atom is 0.234 e. The molecule has 0 radical (unpaired) electrons. The number of rotatable bonds is 9. The van der Waals surface area contributed by atoms with Crippen molar-refractivity contribution in [1.82, 2.24) is 15.5 Å². The van der Waals surface area contributed by atoms with Gasteiger partial charge in [0, 0.05) is 25.7 Å². The lowest BCUT2D eigenvalue weighted by Crippen LogP contribution is -2.49. The highest BCUT2D eigenvalue weighted by Crippen LogP contribution is 2.15. The Morgan fingerprint density at radius 1 is 1.43 bits per heavy atom. The zero-order chi connectivity index (χ0) is 15.7. The lowest BCUT2D eigenvalue weighted by Gasteiger charge is -2.33. The number of nitrogens with one attached hydrogen (secondary N) is 2. The van der Waals surface area contributed by atoms with Crippen molar-refractivity contribution in [2.45, 2.75) is 45.6 Å². The van der Waals surface area contributed by atoms with Gasteiger partial charge in [-0.25, -0.2) is 0 Å². The SMILES string of the molecule is CCC(C)(C)NC(=O)CN1CCCC(CNCCOC)C1. The third kappa shape index (κ3) is 7.79. The average molecular weight is 299 g/mol. The smallest absolute Gasteiger partial charge is 0.234 e. The number of hydrogen-bond donors (Lipinski definition) is 2. The number of amides is 1. The second-order valence-electron chi connectivity index (χ2n) is 6.73. The van der Waals surface area contributed by atoms with Crippen molar-refractivity contribution >= 4 is 5.91 Å². The first-order valence-corrected chi connectivity index (χ1v) is 8.20. The van der Waals surface area contributed by atoms with Crippen molar-refractivity contribution in [2.75, 3.05) is 46.4 Å². The van der Waals surface area contributed by atoms with E-state index in [2.05, 4.69) is 36.3 Å². The summed E-state index contributed by atoms with van der Waals surface area (Å²) in [4.78, 5) is 14.4. The van der Waals surface area contributed by atoms with Crippen LogP contribution in [-0.2, 0) is 9.53 Å². The summed E-state index contributed by atoms with van der Waals surface area (Å²) in [5.41, 5.74) is -0.103. The fraction of sp³-hybridized carbons (Fsp3) is 0.938. The second kappa shape index (κ2) is 9.38. The Bertz CT molecular complexity index is 308. The Balaban J connectivity index is 2.27. The number of ether oxygens (including phenoxy) is 1. The van der Waals surface area contributed by atoms with Gasteiger partial charge < -0.3 is 15.4 Å². The van der Waals surface area contributed by atoms with Crippen LogP contribution in [0.15, 0.2) is 0 Å². The zero-order valence-corrected chi connectivity index (χ0v) is 14.2. The first kappa shape index (κ1) is 18.4. The van der Waals surface area contributed by atoms with E-state index < -0.39 is 0 Å². The highest BCUT2D eigenvalue weighted by atomic mass is 16.5. The van der Waals surface area contributed by atoms with Crippen LogP contribution in [0.5, 0.6) is 0 Å². The molecule has 1 aliphatic heterocycles. The minimum absolute atomic E-state index is 0.103. The molecular formula is C16H33N3O2. The second-order valence-corrected chi connectivity index (χ2v) is 6.73. The summed E-state index contributed by atoms with van der Waals surface area (Å²) < 4.78 is 5.04. The Kier molecular flexibility index (Phi) is 8.22. The molecule has 1 atom stereocenters. The van der Waals surface area contributed by atoms with Crippen molar-refractivity contribution in [3.8, 4) is 0 Å². The van der Waals surface area contributed by atoms with E-state index >= 15 is 0 Å². The van der Waals surface area contributed by atoms with Gasteiger partial charge in [0.15, 0.2) is 0 Å². The van der Waals surface area contributed by atoms with Gasteiger partial charge in [-0.05, 0) is 52.1 Å². The van der Waals surface area contributed by atoms with Gasteiger partial charge in [0.1, 0.15) is 0 Å². The highest BCUT2D eigenvalue weighted by Gasteiger charge is 2.23. The zero-order valence-electron chi connectivity index (χ0n) is 14.2. The summed E-state index contributed by atoms with van der Waals surface area (Å²) in [5, 5.41) is 6.54. The molecule has 0 saturated carbocycles. The Hall–Kier alpha value is -0.650. The third-order valence-corrected chi connectivity index (χ3v) is 4.25. The molecule has 2 N–H and O–H groups in total. The molecule has 5 nitrogen and oxygen atoms in total. The lowest BCUT2D eigenvalue weighted by molar-refractivity contribution is -0.124. The first-order valence-electron chi connectivity index (χ1n) is 8.20. The highest BCUT2D eigenvalue weighted by molar-refractivity contribution is 5.78. The van der Waals surface area contributed by atoms with Crippen molar-refractivity contribution in [2.24, 2.45) is 5.92 Å². The normalized spacial score (nSPS) is 20.5. The van der Waals surface area contributed by atoms with Gasteiger partial charge in [0.25, 0.3) is 0 Å². The number of hydrogen-bond acceptors (Lipinski definition) is 4. The molecule has 0 aromatic heterocycles. The van der Waals surface area contributed by atoms with Gasteiger partial charge in [-0.2, -0.15) is 0 Å². The van der Waals surface area contributed by atoms with Crippen LogP contribution in [0.2, 0.25) is 0 Å². The monoisotopic (exact) mass is 299 g/mol. The van der Waals surface area contributed by atoms with Gasteiger partial charge in [-0.15, -0.1) is 0 Å². The van der Waals surface area contributed by atoms with E-state index in [1.54, 1.807) is 7.11 Å². The first-order chi connectivity index (χ1) is 9.96. The van der Waals surface area contributed by atoms with E-state index in [1.165, 1.54) is 12.8 Å². The maximum absolute atomic E-state index is 12.1. The largest absolute Gasteiger partial charge is 0.383 e. The molecule has 1 fully saturated rings. The van der Waals surface area contributed by atoms with Crippen LogP contribution in [0.3, 0.4) is 0 Å². The molecule has 1 heterocycles. The molecule has 1 unspecified atom stereocenters. The van der Waals surface area contributed by atoms with Crippen LogP contribution < -0.4 is 10.6 Å². The fourth-order valence-corrected chi connectivity index (χ4v) is 2.65. The van der Waals surface area contributed by atoms with E-state index in [9.17, 15) is 4.79 Å². The molecule has 0 aromatic carbocycles. The quantitative estimate of drug-likeness (QED) is 0.629. The number of piperidine rings is 1. The molecule has 1 rings (SSSR count). The van der Waals surface area contributed by atoms with Gasteiger partial charge in [0.05, 0.1) is 13.2 Å². The maximum atomic E-state index is 12.1. The molecule has 0 aromatic rings. The lowest BCUT2D eigenvalue weighted by atomic mass is 9.97. The van der Waals surface area contributed by atoms with Gasteiger partial charge >= 0.3 is 0 Å². The predicted molar refractivity (Wildman–Crippen MR) is 86.4 cm³/mol. The van der Waals surface area contributed by atoms with E-state index in [0.717, 1.165) is 39.2 Å². The van der Waals surface area contributed by atoms with Crippen molar-refractivity contribution in [3.05, 3.63) is 0 Å². The summed E-state index contributed by atoms with van der Waals surface area (Å²) in [6, 6.07) is 0. The summed E-state index contributed by atoms with van der Waals surface area (Å²) in [6.07, 6.45) is 3.38. The van der Waals surface area contributed by atoms with Crippen LogP contribution in [0.1, 0.15) is 40.0 Å². The van der Waals surface area contributed by atoms with Gasteiger partial charge in [-0.3, -0.25) is 9.69 Å². The molecule has 21 heavy (non-hydrogen) atoms. The van der Waals surface area contributed by atoms with Crippen LogP contribution in [-0.4, -0.2) is 62.8 Å². The molecule has 1 aliphatic rings. The van der Waals surface area contributed by atoms with Crippen LogP contribution in [0.25, 0.3) is 0 Å². The molecule has 124 valence electrons. The molecule has 0 spiro atoms. The van der Waals surface area contributed by atoms with E-state index in [-0.39, 0.29) is 11.4 Å². The van der Waals surface area contributed by atoms with E-state index in [4.69, 9.17) is 4.74 Å². The summed E-state index contributed by atoms with van der Waals surface area (Å²) in [5.74, 6) is 0.789. The number of carbonyl (C=O) groups excluding carboxylic acids is 1. The number of nitrogens with zero attached hydrogens (tertiary/aromatic N) is 1. The van der Waals surface area contributed by atoms with Gasteiger partial charge in [-0.1, -0.05) is 6.92 Å². The number of likely N-dealkylation sites (tertiary alicyclic amines) is 1. The van der Waals surface area contributed by atoms with Crippen LogP contribution >= 0.6 is 0 Å². The topological polar surface area (TPSA) is 53.6 Å². The molecule has 0 bridgehead atoms. The van der Waals surface area contributed by atoms with Crippen LogP contribution in [0, 0.1) is 5.92 Å². The van der Waals surface area contributed by atoms with E-state index in [1.807, 2.05) is 0 Å². The molecular weight excluding hydrogens is 266 g/mol. The summed E-state index contributed by atoms with van der Waals surface area (Å²) in [7, 11) is 1.72. The predicted octanol–water partition coefficient (Wildman–Crippen LogP) is 1.24. The minimum atomic E-state index is -0.103. The Morgan fingerprint density at radius 3 is 2.86 bits per heavy atom. The average Bonchev–Trinajstić information content (AvgIpc) is 2.43. The van der Waals surface area contributed by atoms with E-state index in [0.29, 0.717) is 12.5 Å². The van der Waals surface area contributed by atoms with Crippen molar-refractivity contribution < 1.29 is 9.53 Å². The molecule has 1 amide bonds. The molecule has 5 heteroatoms. The summed E-state index contributed by atoms with van der Waals surface area (Å²) >= 11 is 0. The Labute approximate surface area is 129 Å². The fourth-order valence-electron chi connectivity index (χ4n) is 2.65. The van der Waals surface area contributed by atoms with Crippen LogP contribution in [0.4, 0.5) is 0 Å². The minimum Gasteiger partial charge on any atom is -0.383 e. The Morgan fingerprint density at radius 2 is 2.19 bits per heavy atom. The van der Waals surface area contributed by atoms with Crippen molar-refractivity contribution in [3.63, 3.8) is 0 Å². The standard InChI is InChI=1S/C16H33N3O2/c1-5-16(2,3)18-15(20)13-19-9-6-7-14(12-19)11-17-8-10-21-4/h14,17H,5-13H2,1-4H3,(H,18,20). The number of methoxy groups -OCH3 is 1.